The van der Waals surface area contributed by atoms with E-state index in [0.29, 0.717) is 0 Å². The summed E-state index contributed by atoms with van der Waals surface area (Å²) in [6.07, 6.45) is -0.648. The molecule has 4 heterocycles. The molecule has 2 N–H and O–H groups in total. The van der Waals surface area contributed by atoms with Crippen LogP contribution >= 0.6 is 0 Å². The highest BCUT2D eigenvalue weighted by atomic mass is 16.3. The Morgan fingerprint density at radius 1 is 0.443 bits per heavy atom. The second-order valence-corrected chi connectivity index (χ2v) is 16.0. The lowest BCUT2D eigenvalue weighted by molar-refractivity contribution is 0.408. The lowest BCUT2D eigenvalue weighted by Crippen LogP contribution is -2.45. The first-order chi connectivity index (χ1) is 30.2. The zero-order valence-corrected chi connectivity index (χ0v) is 33.0. The number of nitrogens with zero attached hydrogens (tertiary/aromatic N) is 3. The molecule has 13 rings (SSSR count). The third-order valence-electron chi connectivity index (χ3n) is 12.5. The maximum Gasteiger partial charge on any atom is 0.142 e. The Kier molecular flexibility index (Phi) is 7.41. The second-order valence-electron chi connectivity index (χ2n) is 16.0. The molecular weight excluding hydrogens is 747 g/mol. The first-order valence-corrected chi connectivity index (χ1v) is 20.9. The molecular formula is C55H37N5O. The molecule has 61 heavy (non-hydrogen) atoms. The van der Waals surface area contributed by atoms with Crippen molar-refractivity contribution in [3.05, 3.63) is 217 Å². The lowest BCUT2D eigenvalue weighted by atomic mass is 10.0. The summed E-state index contributed by atoms with van der Waals surface area (Å²) in [5.41, 5.74) is 11.6. The Balaban J connectivity index is 1.12. The van der Waals surface area contributed by atoms with E-state index >= 15 is 0 Å². The van der Waals surface area contributed by atoms with Crippen LogP contribution in [-0.2, 0) is 0 Å². The fourth-order valence-corrected chi connectivity index (χ4v) is 9.75. The summed E-state index contributed by atoms with van der Waals surface area (Å²) in [7, 11) is 0. The number of nitrogens with one attached hydrogen (secondary N) is 2. The molecule has 0 radical (unpaired) electrons. The number of hydrogen-bond acceptors (Lipinski definition) is 4. The fourth-order valence-electron chi connectivity index (χ4n) is 9.75. The van der Waals surface area contributed by atoms with Crippen LogP contribution in [0.1, 0.15) is 29.0 Å². The summed E-state index contributed by atoms with van der Waals surface area (Å²) in [5, 5.41) is 16.9. The van der Waals surface area contributed by atoms with E-state index in [1.807, 2.05) is 6.07 Å². The van der Waals surface area contributed by atoms with Gasteiger partial charge in [0.25, 0.3) is 0 Å². The van der Waals surface area contributed by atoms with Gasteiger partial charge in [0.2, 0.25) is 0 Å². The number of hydrogen-bond donors (Lipinski definition) is 2. The predicted molar refractivity (Wildman–Crippen MR) is 251 cm³/mol. The average molecular weight is 784 g/mol. The van der Waals surface area contributed by atoms with Crippen molar-refractivity contribution in [2.24, 2.45) is 4.99 Å². The van der Waals surface area contributed by atoms with Gasteiger partial charge in [-0.2, -0.15) is 0 Å². The summed E-state index contributed by atoms with van der Waals surface area (Å²) >= 11 is 0. The number of para-hydroxylation sites is 3. The largest absolute Gasteiger partial charge is 0.456 e. The van der Waals surface area contributed by atoms with E-state index in [2.05, 4.69) is 214 Å². The van der Waals surface area contributed by atoms with Crippen molar-refractivity contribution >= 4 is 82.2 Å². The van der Waals surface area contributed by atoms with Gasteiger partial charge in [-0.15, -0.1) is 0 Å². The van der Waals surface area contributed by atoms with Crippen molar-refractivity contribution in [2.75, 3.05) is 0 Å². The number of benzene rings is 9. The number of aliphatic imine (C=N–C) groups is 1. The van der Waals surface area contributed by atoms with Crippen LogP contribution in [0.2, 0.25) is 0 Å². The Morgan fingerprint density at radius 3 is 1.74 bits per heavy atom. The average Bonchev–Trinajstić information content (AvgIpc) is 3.97. The molecule has 0 spiro atoms. The smallest absolute Gasteiger partial charge is 0.142 e. The highest BCUT2D eigenvalue weighted by Crippen LogP contribution is 2.43. The van der Waals surface area contributed by atoms with Crippen LogP contribution in [-0.4, -0.2) is 15.0 Å². The van der Waals surface area contributed by atoms with E-state index in [-0.39, 0.29) is 6.17 Å². The third kappa shape index (κ3) is 5.29. The minimum atomic E-state index is -0.445. The molecule has 2 unspecified atom stereocenters. The van der Waals surface area contributed by atoms with Gasteiger partial charge in [-0.3, -0.25) is 5.32 Å². The molecule has 0 bridgehead atoms. The first kappa shape index (κ1) is 34.0. The molecule has 9 aromatic carbocycles. The van der Waals surface area contributed by atoms with Crippen LogP contribution in [0.3, 0.4) is 0 Å². The van der Waals surface area contributed by atoms with Crippen LogP contribution in [0.5, 0.6) is 0 Å². The highest BCUT2D eigenvalue weighted by Gasteiger charge is 2.29. The van der Waals surface area contributed by atoms with Crippen LogP contribution in [0.4, 0.5) is 0 Å². The van der Waals surface area contributed by atoms with E-state index in [0.717, 1.165) is 77.8 Å². The predicted octanol–water partition coefficient (Wildman–Crippen LogP) is 13.3. The Morgan fingerprint density at radius 2 is 1.03 bits per heavy atom. The van der Waals surface area contributed by atoms with Crippen molar-refractivity contribution in [3.63, 3.8) is 0 Å². The zero-order chi connectivity index (χ0) is 40.0. The standard InChI is InChI=1S/C55H37N5O/c1-4-16-34(17-5-1)53-56-54(35-18-6-2-7-19-35)58-55(57-53)46-31-39(30-45-44-28-36-20-10-11-21-37(36)29-51(44)61-52(45)46)60-48-27-15-13-25-41(48)43-32-42-40-24-12-14-26-47(40)59(49(42)33-50(43)60)38-22-8-3-9-23-38/h1-33,53,55,57H,(H,56,58). The van der Waals surface area contributed by atoms with Crippen molar-refractivity contribution in [3.8, 4) is 11.4 Å². The van der Waals surface area contributed by atoms with Gasteiger partial charge >= 0.3 is 0 Å². The molecule has 6 heteroatoms. The summed E-state index contributed by atoms with van der Waals surface area (Å²) in [6.45, 7) is 0. The third-order valence-corrected chi connectivity index (χ3v) is 12.5. The monoisotopic (exact) mass is 783 g/mol. The minimum Gasteiger partial charge on any atom is -0.456 e. The van der Waals surface area contributed by atoms with Crippen LogP contribution in [0, 0.1) is 0 Å². The Labute approximate surface area is 350 Å². The fraction of sp³-hybridized carbons (Fsp3) is 0.0364. The van der Waals surface area contributed by atoms with Crippen LogP contribution < -0.4 is 10.6 Å². The van der Waals surface area contributed by atoms with Gasteiger partial charge in [0, 0.05) is 54.8 Å². The molecule has 0 aliphatic carbocycles. The molecule has 1 aliphatic heterocycles. The summed E-state index contributed by atoms with van der Waals surface area (Å²) in [5.74, 6) is 0.826. The van der Waals surface area contributed by atoms with E-state index in [1.165, 1.54) is 32.4 Å². The van der Waals surface area contributed by atoms with Gasteiger partial charge < -0.3 is 18.9 Å². The second kappa shape index (κ2) is 13.3. The number of fused-ring (bicyclic) bond motifs is 10. The van der Waals surface area contributed by atoms with Gasteiger partial charge in [0.15, 0.2) is 0 Å². The molecule has 12 aromatic rings. The molecule has 3 aromatic heterocycles. The molecule has 0 saturated carbocycles. The molecule has 0 saturated heterocycles. The van der Waals surface area contributed by atoms with Crippen molar-refractivity contribution in [2.45, 2.75) is 12.3 Å². The van der Waals surface area contributed by atoms with Gasteiger partial charge in [-0.1, -0.05) is 140 Å². The van der Waals surface area contributed by atoms with Gasteiger partial charge in [0.05, 0.1) is 22.1 Å². The first-order valence-electron chi connectivity index (χ1n) is 20.9. The van der Waals surface area contributed by atoms with Crippen LogP contribution in [0.25, 0.3) is 87.7 Å². The molecule has 1 aliphatic rings. The van der Waals surface area contributed by atoms with E-state index in [9.17, 15) is 0 Å². The quantitative estimate of drug-likeness (QED) is 0.183. The van der Waals surface area contributed by atoms with Crippen molar-refractivity contribution < 1.29 is 4.42 Å². The molecule has 0 fully saturated rings. The topological polar surface area (TPSA) is 59.4 Å². The lowest BCUT2D eigenvalue weighted by Gasteiger charge is -2.32. The van der Waals surface area contributed by atoms with Crippen LogP contribution in [0.15, 0.2) is 210 Å². The van der Waals surface area contributed by atoms with E-state index in [4.69, 9.17) is 9.41 Å². The normalized spacial score (nSPS) is 15.7. The molecule has 2 atom stereocenters. The number of rotatable bonds is 5. The van der Waals surface area contributed by atoms with Crippen molar-refractivity contribution in [1.29, 1.82) is 0 Å². The minimum absolute atomic E-state index is 0.203. The summed E-state index contributed by atoms with van der Waals surface area (Å²) in [4.78, 5) is 5.45. The van der Waals surface area contributed by atoms with Gasteiger partial charge in [0.1, 0.15) is 29.3 Å². The van der Waals surface area contributed by atoms with E-state index in [1.54, 1.807) is 0 Å². The molecule has 288 valence electrons. The van der Waals surface area contributed by atoms with Gasteiger partial charge in [-0.25, -0.2) is 4.99 Å². The Bertz CT molecular complexity index is 3710. The highest BCUT2D eigenvalue weighted by molar-refractivity contribution is 6.19. The number of furan rings is 1. The number of amidine groups is 1. The maximum absolute atomic E-state index is 6.99. The maximum atomic E-state index is 6.99. The molecule has 0 amide bonds. The summed E-state index contributed by atoms with van der Waals surface area (Å²) < 4.78 is 11.8. The Hall–Kier alpha value is -7.93. The van der Waals surface area contributed by atoms with Gasteiger partial charge in [-0.05, 0) is 77.0 Å². The van der Waals surface area contributed by atoms with Crippen molar-refractivity contribution in [1.82, 2.24) is 19.8 Å². The SMILES string of the molecule is c1ccc(C2=NC(c3cc(-n4c5ccccc5c5cc6c7ccccc7n(-c7ccccc7)c6cc54)cc4c3oc3cc5ccccc5cc34)NC(c3ccccc3)N2)cc1. The number of aromatic nitrogens is 2. The van der Waals surface area contributed by atoms with E-state index < -0.39 is 6.17 Å². The molecule has 6 nitrogen and oxygen atoms in total. The summed E-state index contributed by atoms with van der Waals surface area (Å²) in [6, 6.07) is 71.5. The zero-order valence-electron chi connectivity index (χ0n) is 33.0.